The van der Waals surface area contributed by atoms with Gasteiger partial charge in [0.15, 0.2) is 0 Å². The molecule has 3 unspecified atom stereocenters. The zero-order valence-corrected chi connectivity index (χ0v) is 9.43. The molecule has 0 fully saturated rings. The summed E-state index contributed by atoms with van der Waals surface area (Å²) in [6, 6.07) is 3.72. The van der Waals surface area contributed by atoms with E-state index in [1.165, 1.54) is 0 Å². The molecule has 0 aliphatic heterocycles. The fourth-order valence-corrected chi connectivity index (χ4v) is 1.25. The first-order chi connectivity index (χ1) is 7.15. The van der Waals surface area contributed by atoms with E-state index >= 15 is 0 Å². The number of furan rings is 1. The van der Waals surface area contributed by atoms with Gasteiger partial charge in [-0.15, -0.1) is 0 Å². The van der Waals surface area contributed by atoms with Gasteiger partial charge in [-0.25, -0.2) is 0 Å². The normalized spacial score (nSPS) is 17.3. The van der Waals surface area contributed by atoms with Gasteiger partial charge in [-0.3, -0.25) is 0 Å². The van der Waals surface area contributed by atoms with Crippen LogP contribution in [0.2, 0.25) is 0 Å². The number of hydrogen-bond donors (Lipinski definition) is 2. The molecule has 0 aromatic carbocycles. The minimum absolute atomic E-state index is 0.119. The second-order valence-electron chi connectivity index (χ2n) is 3.67. The van der Waals surface area contributed by atoms with E-state index in [1.807, 2.05) is 13.8 Å². The molecule has 0 spiro atoms. The molecule has 0 saturated carbocycles. The first-order valence-electron chi connectivity index (χ1n) is 5.12. The van der Waals surface area contributed by atoms with Crippen molar-refractivity contribution in [3.8, 4) is 0 Å². The molecule has 4 heteroatoms. The van der Waals surface area contributed by atoms with Gasteiger partial charge in [0.2, 0.25) is 0 Å². The molecule has 0 amide bonds. The molecule has 0 aliphatic rings. The number of rotatable bonds is 6. The van der Waals surface area contributed by atoms with Gasteiger partial charge in [-0.2, -0.15) is 0 Å². The largest absolute Gasteiger partial charge is 0.467 e. The van der Waals surface area contributed by atoms with Gasteiger partial charge in [-0.1, -0.05) is 0 Å². The van der Waals surface area contributed by atoms with Crippen molar-refractivity contribution in [3.05, 3.63) is 24.2 Å². The Kier molecular flexibility index (Phi) is 4.81. The molecule has 3 atom stereocenters. The van der Waals surface area contributed by atoms with Crippen LogP contribution in [0.15, 0.2) is 22.8 Å². The summed E-state index contributed by atoms with van der Waals surface area (Å²) in [5, 5.41) is 12.9. The van der Waals surface area contributed by atoms with Crippen molar-refractivity contribution in [1.82, 2.24) is 5.32 Å². The topological polar surface area (TPSA) is 54.6 Å². The zero-order valence-electron chi connectivity index (χ0n) is 9.43. The van der Waals surface area contributed by atoms with Crippen LogP contribution >= 0.6 is 0 Å². The first kappa shape index (κ1) is 12.2. The fourth-order valence-electron chi connectivity index (χ4n) is 1.25. The lowest BCUT2D eigenvalue weighted by Gasteiger charge is -2.21. The maximum absolute atomic E-state index is 9.72. The third-order valence-corrected chi connectivity index (χ3v) is 2.58. The summed E-state index contributed by atoms with van der Waals surface area (Å²) >= 11 is 0. The van der Waals surface area contributed by atoms with Gasteiger partial charge >= 0.3 is 0 Å². The van der Waals surface area contributed by atoms with Crippen molar-refractivity contribution >= 4 is 0 Å². The van der Waals surface area contributed by atoms with Crippen LogP contribution in [-0.4, -0.2) is 30.9 Å². The average molecular weight is 213 g/mol. The Labute approximate surface area is 90.2 Å². The Morgan fingerprint density at radius 3 is 2.80 bits per heavy atom. The van der Waals surface area contributed by atoms with Crippen molar-refractivity contribution in [3.63, 3.8) is 0 Å². The predicted octanol–water partition coefficient (Wildman–Crippen LogP) is 1.33. The van der Waals surface area contributed by atoms with Crippen molar-refractivity contribution in [2.24, 2.45) is 0 Å². The van der Waals surface area contributed by atoms with Gasteiger partial charge in [0.25, 0.3) is 0 Å². The van der Waals surface area contributed by atoms with Crippen LogP contribution in [0.5, 0.6) is 0 Å². The summed E-state index contributed by atoms with van der Waals surface area (Å²) in [5.74, 6) is 0.583. The molecule has 1 aromatic heterocycles. The average Bonchev–Trinajstić information content (AvgIpc) is 2.77. The van der Waals surface area contributed by atoms with Crippen molar-refractivity contribution in [2.75, 3.05) is 13.7 Å². The lowest BCUT2D eigenvalue weighted by Crippen LogP contribution is -2.38. The Balaban J connectivity index is 2.31. The lowest BCUT2D eigenvalue weighted by molar-refractivity contribution is 0.0777. The van der Waals surface area contributed by atoms with E-state index in [0.29, 0.717) is 12.3 Å². The van der Waals surface area contributed by atoms with Gasteiger partial charge in [-0.05, 0) is 26.0 Å². The highest BCUT2D eigenvalue weighted by atomic mass is 16.5. The number of hydrogen-bond acceptors (Lipinski definition) is 4. The fraction of sp³-hybridized carbons (Fsp3) is 0.636. The molecular formula is C11H19NO3. The van der Waals surface area contributed by atoms with Crippen molar-refractivity contribution < 1.29 is 14.3 Å². The minimum atomic E-state index is -0.605. The van der Waals surface area contributed by atoms with Gasteiger partial charge in [0.05, 0.1) is 12.4 Å². The SMILES string of the molecule is COC(C)C(C)NCC(O)c1ccco1. The minimum Gasteiger partial charge on any atom is -0.467 e. The second kappa shape index (κ2) is 5.90. The quantitative estimate of drug-likeness (QED) is 0.748. The number of aliphatic hydroxyl groups is 1. The first-order valence-corrected chi connectivity index (χ1v) is 5.12. The summed E-state index contributed by atoms with van der Waals surface area (Å²) in [5.41, 5.74) is 0. The van der Waals surface area contributed by atoms with E-state index in [1.54, 1.807) is 25.5 Å². The van der Waals surface area contributed by atoms with Crippen LogP contribution in [-0.2, 0) is 4.74 Å². The summed E-state index contributed by atoms with van der Waals surface area (Å²) in [6.07, 6.45) is 1.07. The maximum atomic E-state index is 9.72. The molecule has 86 valence electrons. The van der Waals surface area contributed by atoms with E-state index in [4.69, 9.17) is 9.15 Å². The maximum Gasteiger partial charge on any atom is 0.133 e. The van der Waals surface area contributed by atoms with Gasteiger partial charge in [0, 0.05) is 19.7 Å². The van der Waals surface area contributed by atoms with E-state index in [2.05, 4.69) is 5.32 Å². The smallest absolute Gasteiger partial charge is 0.133 e. The lowest BCUT2D eigenvalue weighted by atomic mass is 10.2. The van der Waals surface area contributed by atoms with Crippen LogP contribution in [0.1, 0.15) is 25.7 Å². The van der Waals surface area contributed by atoms with Crippen LogP contribution < -0.4 is 5.32 Å². The highest BCUT2D eigenvalue weighted by Gasteiger charge is 2.14. The van der Waals surface area contributed by atoms with Crippen LogP contribution in [0, 0.1) is 0 Å². The van der Waals surface area contributed by atoms with Crippen molar-refractivity contribution in [1.29, 1.82) is 0 Å². The molecule has 0 aliphatic carbocycles. The highest BCUT2D eigenvalue weighted by Crippen LogP contribution is 2.12. The van der Waals surface area contributed by atoms with E-state index < -0.39 is 6.10 Å². The molecule has 1 rings (SSSR count). The standard InChI is InChI=1S/C11H19NO3/c1-8(9(2)14-3)12-7-10(13)11-5-4-6-15-11/h4-6,8-10,12-13H,7H2,1-3H3. The third-order valence-electron chi connectivity index (χ3n) is 2.58. The Morgan fingerprint density at radius 2 is 2.27 bits per heavy atom. The molecule has 2 N–H and O–H groups in total. The van der Waals surface area contributed by atoms with Gasteiger partial charge < -0.3 is 19.6 Å². The second-order valence-corrected chi connectivity index (χ2v) is 3.67. The summed E-state index contributed by atoms with van der Waals surface area (Å²) in [6.45, 7) is 4.46. The Bertz CT molecular complexity index is 261. The summed E-state index contributed by atoms with van der Waals surface area (Å²) < 4.78 is 10.3. The molecule has 0 saturated heterocycles. The number of ether oxygens (including phenoxy) is 1. The molecule has 0 radical (unpaired) electrons. The number of aliphatic hydroxyl groups excluding tert-OH is 1. The molecule has 1 heterocycles. The number of nitrogens with one attached hydrogen (secondary N) is 1. The predicted molar refractivity (Wildman–Crippen MR) is 57.6 cm³/mol. The summed E-state index contributed by atoms with van der Waals surface area (Å²) in [7, 11) is 1.67. The molecule has 0 bridgehead atoms. The molecule has 1 aromatic rings. The zero-order chi connectivity index (χ0) is 11.3. The monoisotopic (exact) mass is 213 g/mol. The van der Waals surface area contributed by atoms with Crippen molar-refractivity contribution in [2.45, 2.75) is 32.1 Å². The van der Waals surface area contributed by atoms with E-state index in [-0.39, 0.29) is 12.1 Å². The third kappa shape index (κ3) is 3.66. The van der Waals surface area contributed by atoms with Gasteiger partial charge in [0.1, 0.15) is 11.9 Å². The van der Waals surface area contributed by atoms with Crippen LogP contribution in [0.3, 0.4) is 0 Å². The highest BCUT2D eigenvalue weighted by molar-refractivity contribution is 5.02. The molecule has 15 heavy (non-hydrogen) atoms. The van der Waals surface area contributed by atoms with Crippen LogP contribution in [0.25, 0.3) is 0 Å². The molecular weight excluding hydrogens is 194 g/mol. The molecule has 4 nitrogen and oxygen atoms in total. The summed E-state index contributed by atoms with van der Waals surface area (Å²) in [4.78, 5) is 0. The van der Waals surface area contributed by atoms with E-state index in [9.17, 15) is 5.11 Å². The number of methoxy groups -OCH3 is 1. The van der Waals surface area contributed by atoms with E-state index in [0.717, 1.165) is 0 Å². The Hall–Kier alpha value is -0.840. The Morgan fingerprint density at radius 1 is 1.53 bits per heavy atom. The van der Waals surface area contributed by atoms with Crippen LogP contribution in [0.4, 0.5) is 0 Å².